The Balaban J connectivity index is 1.41. The molecule has 0 saturated carbocycles. The number of hydrogen-bond acceptors (Lipinski definition) is 6. The van der Waals surface area contributed by atoms with Crippen LogP contribution in [0, 0.1) is 6.92 Å². The molecule has 210 valence electrons. The van der Waals surface area contributed by atoms with E-state index in [9.17, 15) is 14.4 Å². The minimum Gasteiger partial charge on any atom is -0.457 e. The molecule has 1 saturated heterocycles. The fourth-order valence-electron chi connectivity index (χ4n) is 5.30. The maximum atomic E-state index is 13.4. The summed E-state index contributed by atoms with van der Waals surface area (Å²) in [6.07, 6.45) is 2.01. The second kappa shape index (κ2) is 11.9. The van der Waals surface area contributed by atoms with Crippen LogP contribution in [0.15, 0.2) is 54.9 Å². The van der Waals surface area contributed by atoms with Crippen LogP contribution < -0.4 is 10.1 Å². The zero-order valence-electron chi connectivity index (χ0n) is 23.1. The molecule has 5 rings (SSSR count). The van der Waals surface area contributed by atoms with Crippen LogP contribution in [-0.2, 0) is 34.4 Å². The van der Waals surface area contributed by atoms with E-state index >= 15 is 0 Å². The van der Waals surface area contributed by atoms with Gasteiger partial charge < -0.3 is 29.2 Å². The van der Waals surface area contributed by atoms with E-state index in [2.05, 4.69) is 10.3 Å². The van der Waals surface area contributed by atoms with Gasteiger partial charge in [-0.15, -0.1) is 0 Å². The number of nitrogens with one attached hydrogen (secondary N) is 1. The lowest BCUT2D eigenvalue weighted by atomic mass is 10.0. The van der Waals surface area contributed by atoms with Crippen molar-refractivity contribution in [1.82, 2.24) is 24.7 Å². The van der Waals surface area contributed by atoms with Gasteiger partial charge in [0.1, 0.15) is 17.2 Å². The molecular weight excluding hydrogens is 510 g/mol. The van der Waals surface area contributed by atoms with Crippen LogP contribution in [0.2, 0.25) is 0 Å². The van der Waals surface area contributed by atoms with Crippen molar-refractivity contribution in [2.24, 2.45) is 7.05 Å². The molecule has 10 nitrogen and oxygen atoms in total. The first kappa shape index (κ1) is 27.4. The van der Waals surface area contributed by atoms with Crippen molar-refractivity contribution >= 4 is 17.7 Å². The summed E-state index contributed by atoms with van der Waals surface area (Å²) in [5.74, 6) is 0.727. The Morgan fingerprint density at radius 1 is 1.10 bits per heavy atom. The molecular formula is C30H35N5O5. The minimum atomic E-state index is -0.447. The predicted molar refractivity (Wildman–Crippen MR) is 148 cm³/mol. The third kappa shape index (κ3) is 6.17. The number of likely N-dealkylation sites (N-methyl/N-ethyl adjacent to an activating group) is 1. The van der Waals surface area contributed by atoms with Gasteiger partial charge in [0, 0.05) is 26.7 Å². The number of hydrogen-bond donors (Lipinski definition) is 1. The number of nitrogens with zero attached hydrogens (tertiary/aromatic N) is 4. The number of amides is 3. The van der Waals surface area contributed by atoms with Gasteiger partial charge in [-0.2, -0.15) is 0 Å². The van der Waals surface area contributed by atoms with Crippen LogP contribution in [-0.4, -0.2) is 75.4 Å². The Kier molecular flexibility index (Phi) is 8.16. The van der Waals surface area contributed by atoms with Crippen LogP contribution in [0.5, 0.6) is 11.5 Å². The van der Waals surface area contributed by atoms with E-state index in [1.165, 1.54) is 4.90 Å². The molecule has 3 amide bonds. The number of imidazole rings is 1. The maximum Gasteiger partial charge on any atom is 0.272 e. The third-order valence-electron chi connectivity index (χ3n) is 7.43. The second-order valence-corrected chi connectivity index (χ2v) is 10.3. The molecule has 10 heteroatoms. The SMILES string of the molecule is CCN1CC(=O)N[C@H]2CN(C(=O)c3c(C)ncn3C)CC[C@@H]2OCc2cccc(c2)Oc2cccc(c2)CC1=O. The molecule has 3 aromatic rings. The molecule has 2 aromatic carbocycles. The van der Waals surface area contributed by atoms with Gasteiger partial charge in [-0.25, -0.2) is 4.98 Å². The summed E-state index contributed by atoms with van der Waals surface area (Å²) in [5.41, 5.74) is 2.92. The molecule has 0 unspecified atom stereocenters. The summed E-state index contributed by atoms with van der Waals surface area (Å²) < 4.78 is 14.1. The van der Waals surface area contributed by atoms with Gasteiger partial charge in [0.25, 0.3) is 5.91 Å². The first-order valence-electron chi connectivity index (χ1n) is 13.6. The van der Waals surface area contributed by atoms with Crippen molar-refractivity contribution in [1.29, 1.82) is 0 Å². The number of benzene rings is 2. The number of aryl methyl sites for hydroxylation is 2. The Bertz CT molecular complexity index is 1380. The highest BCUT2D eigenvalue weighted by molar-refractivity contribution is 5.94. The maximum absolute atomic E-state index is 13.4. The fourth-order valence-corrected chi connectivity index (χ4v) is 5.30. The molecule has 40 heavy (non-hydrogen) atoms. The van der Waals surface area contributed by atoms with Crippen molar-refractivity contribution < 1.29 is 23.9 Å². The largest absolute Gasteiger partial charge is 0.457 e. The van der Waals surface area contributed by atoms with E-state index in [-0.39, 0.29) is 43.3 Å². The van der Waals surface area contributed by atoms with E-state index in [4.69, 9.17) is 9.47 Å². The van der Waals surface area contributed by atoms with Crippen LogP contribution in [0.3, 0.4) is 0 Å². The molecule has 4 bridgehead atoms. The predicted octanol–water partition coefficient (Wildman–Crippen LogP) is 2.84. The Morgan fingerprint density at radius 3 is 2.52 bits per heavy atom. The molecule has 0 spiro atoms. The van der Waals surface area contributed by atoms with Gasteiger partial charge in [-0.3, -0.25) is 14.4 Å². The van der Waals surface area contributed by atoms with E-state index in [0.717, 1.165) is 11.1 Å². The van der Waals surface area contributed by atoms with Crippen LogP contribution in [0.1, 0.15) is 40.7 Å². The number of rotatable bonds is 2. The lowest BCUT2D eigenvalue weighted by Crippen LogP contribution is -2.58. The standard InChI is InChI=1S/C30H35N5O5/c1-4-34-17-27(36)32-25-16-35(30(38)29-20(2)31-19-33(29)3)12-11-26(25)39-18-22-8-6-10-24(14-22)40-23-9-5-7-21(13-23)15-28(34)37/h5-10,13-14,19,25-26H,4,11-12,15-18H2,1-3H3,(H,32,36)/t25-,26-/m0/s1. The summed E-state index contributed by atoms with van der Waals surface area (Å²) in [7, 11) is 1.80. The van der Waals surface area contributed by atoms with Crippen molar-refractivity contribution in [3.05, 3.63) is 77.4 Å². The summed E-state index contributed by atoms with van der Waals surface area (Å²) in [5, 5.41) is 3.07. The highest BCUT2D eigenvalue weighted by Gasteiger charge is 2.35. The molecule has 3 heterocycles. The first-order valence-corrected chi connectivity index (χ1v) is 13.6. The number of carbonyl (C=O) groups is 3. The molecule has 2 aliphatic rings. The number of ether oxygens (including phenoxy) is 2. The Hall–Kier alpha value is -4.18. The number of fused-ring (bicyclic) bond motifs is 5. The van der Waals surface area contributed by atoms with Gasteiger partial charge in [-0.1, -0.05) is 24.3 Å². The number of aromatic nitrogens is 2. The van der Waals surface area contributed by atoms with E-state index in [1.807, 2.05) is 62.4 Å². The topological polar surface area (TPSA) is 106 Å². The zero-order valence-corrected chi connectivity index (χ0v) is 23.1. The molecule has 1 fully saturated rings. The second-order valence-electron chi connectivity index (χ2n) is 10.3. The van der Waals surface area contributed by atoms with Crippen molar-refractivity contribution in [3.63, 3.8) is 0 Å². The van der Waals surface area contributed by atoms with E-state index in [0.29, 0.717) is 49.0 Å². The average molecular weight is 546 g/mol. The lowest BCUT2D eigenvalue weighted by molar-refractivity contribution is -0.136. The highest BCUT2D eigenvalue weighted by atomic mass is 16.5. The molecule has 0 aliphatic carbocycles. The lowest BCUT2D eigenvalue weighted by Gasteiger charge is -2.39. The Labute approximate surface area is 233 Å². The summed E-state index contributed by atoms with van der Waals surface area (Å²) >= 11 is 0. The third-order valence-corrected chi connectivity index (χ3v) is 7.43. The first-order chi connectivity index (χ1) is 19.3. The molecule has 1 N–H and O–H groups in total. The number of piperidine rings is 1. The molecule has 0 radical (unpaired) electrons. The smallest absolute Gasteiger partial charge is 0.272 e. The van der Waals surface area contributed by atoms with Crippen LogP contribution >= 0.6 is 0 Å². The fraction of sp³-hybridized carbons (Fsp3) is 0.400. The summed E-state index contributed by atoms with van der Waals surface area (Å²) in [6.45, 7) is 5.07. The van der Waals surface area contributed by atoms with Crippen molar-refractivity contribution in [2.45, 2.75) is 45.4 Å². The van der Waals surface area contributed by atoms with Gasteiger partial charge in [-0.05, 0) is 55.7 Å². The van der Waals surface area contributed by atoms with Crippen molar-refractivity contribution in [2.75, 3.05) is 26.2 Å². The quantitative estimate of drug-likeness (QED) is 0.531. The average Bonchev–Trinajstić information content (AvgIpc) is 3.27. The van der Waals surface area contributed by atoms with Gasteiger partial charge in [0.2, 0.25) is 11.8 Å². The zero-order chi connectivity index (χ0) is 28.2. The van der Waals surface area contributed by atoms with Crippen molar-refractivity contribution in [3.8, 4) is 11.5 Å². The molecule has 1 aromatic heterocycles. The van der Waals surface area contributed by atoms with E-state index < -0.39 is 6.04 Å². The van der Waals surface area contributed by atoms with Gasteiger partial charge >= 0.3 is 0 Å². The van der Waals surface area contributed by atoms with Crippen LogP contribution in [0.25, 0.3) is 0 Å². The number of carbonyl (C=O) groups excluding carboxylic acids is 3. The molecule has 2 atom stereocenters. The number of likely N-dealkylation sites (tertiary alicyclic amines) is 1. The normalized spacial score (nSPS) is 20.3. The monoisotopic (exact) mass is 545 g/mol. The van der Waals surface area contributed by atoms with Gasteiger partial charge in [0.15, 0.2) is 0 Å². The molecule has 2 aliphatic heterocycles. The minimum absolute atomic E-state index is 0.0791. The Morgan fingerprint density at radius 2 is 1.82 bits per heavy atom. The highest BCUT2D eigenvalue weighted by Crippen LogP contribution is 2.25. The van der Waals surface area contributed by atoms with Gasteiger partial charge in [0.05, 0.1) is 43.7 Å². The van der Waals surface area contributed by atoms with Crippen LogP contribution in [0.4, 0.5) is 0 Å². The van der Waals surface area contributed by atoms with E-state index in [1.54, 1.807) is 22.8 Å². The summed E-state index contributed by atoms with van der Waals surface area (Å²) in [6, 6.07) is 14.6. The summed E-state index contributed by atoms with van der Waals surface area (Å²) in [4.78, 5) is 47.3.